The fraction of sp³-hybridized carbons (Fsp3) is 0.625. The van der Waals surface area contributed by atoms with Gasteiger partial charge in [-0.1, -0.05) is 34.9 Å². The molecular weight excluding hydrogens is 426 g/mol. The quantitative estimate of drug-likeness (QED) is 0.199. The summed E-state index contributed by atoms with van der Waals surface area (Å²) in [7, 11) is 0. The summed E-state index contributed by atoms with van der Waals surface area (Å²) < 4.78 is 0. The van der Waals surface area contributed by atoms with E-state index in [0.717, 1.165) is 25.7 Å². The van der Waals surface area contributed by atoms with Crippen LogP contribution < -0.4 is 16.0 Å². The molecule has 182 valence electrons. The number of rotatable bonds is 16. The number of hydrogen-bond donors (Lipinski definition) is 4. The summed E-state index contributed by atoms with van der Waals surface area (Å²) in [5.74, 6) is -0.462. The van der Waals surface area contributed by atoms with Crippen LogP contribution in [0.5, 0.6) is 0 Å². The van der Waals surface area contributed by atoms with Crippen LogP contribution in [0.3, 0.4) is 0 Å². The number of amides is 3. The molecule has 0 heterocycles. The Morgan fingerprint density at radius 2 is 1.53 bits per heavy atom. The third-order valence-corrected chi connectivity index (χ3v) is 5.54. The smallest absolute Gasteiger partial charge is 0.327 e. The van der Waals surface area contributed by atoms with Gasteiger partial charge in [-0.15, -0.1) is 0 Å². The van der Waals surface area contributed by atoms with E-state index >= 15 is 0 Å². The van der Waals surface area contributed by atoms with Gasteiger partial charge in [0.1, 0.15) is 6.04 Å². The van der Waals surface area contributed by atoms with Crippen LogP contribution in [-0.2, 0) is 9.59 Å². The summed E-state index contributed by atoms with van der Waals surface area (Å²) in [5, 5.41) is 17.0. The molecule has 0 aromatic carbocycles. The zero-order chi connectivity index (χ0) is 24.4. The molecule has 8 heteroatoms. The normalized spacial score (nSPS) is 12.7. The molecule has 0 spiro atoms. The lowest BCUT2D eigenvalue weighted by Crippen LogP contribution is -2.44. The van der Waals surface area contributed by atoms with Gasteiger partial charge in [0.2, 0.25) is 5.91 Å². The first kappa shape index (κ1) is 29.8. The summed E-state index contributed by atoms with van der Waals surface area (Å²) in [6.45, 7) is 10.9. The molecule has 0 radical (unpaired) electrons. The molecule has 0 saturated carbocycles. The van der Waals surface area contributed by atoms with Crippen LogP contribution in [0.25, 0.3) is 0 Å². The van der Waals surface area contributed by atoms with Crippen molar-refractivity contribution < 1.29 is 19.5 Å². The molecule has 0 bridgehead atoms. The Morgan fingerprint density at radius 3 is 2.12 bits per heavy atom. The van der Waals surface area contributed by atoms with Crippen molar-refractivity contribution in [2.45, 2.75) is 72.8 Å². The molecule has 3 amide bonds. The monoisotopic (exact) mass is 467 g/mol. The van der Waals surface area contributed by atoms with Gasteiger partial charge in [-0.05, 0) is 60.3 Å². The number of aliphatic carboxylic acids is 1. The lowest BCUT2D eigenvalue weighted by Gasteiger charge is -2.14. The Bertz CT molecular complexity index is 683. The minimum absolute atomic E-state index is 0.0336. The van der Waals surface area contributed by atoms with Crippen molar-refractivity contribution in [3.8, 4) is 0 Å². The molecule has 0 fully saturated rings. The predicted molar refractivity (Wildman–Crippen MR) is 134 cm³/mol. The third-order valence-electron chi connectivity index (χ3n) is 4.57. The van der Waals surface area contributed by atoms with Gasteiger partial charge in [-0.25, -0.2) is 9.59 Å². The van der Waals surface area contributed by atoms with Crippen LogP contribution in [0.1, 0.15) is 66.7 Å². The molecule has 7 nitrogen and oxygen atoms in total. The van der Waals surface area contributed by atoms with E-state index in [2.05, 4.69) is 61.9 Å². The van der Waals surface area contributed by atoms with Gasteiger partial charge in [-0.2, -0.15) is 11.8 Å². The summed E-state index contributed by atoms with van der Waals surface area (Å²) in [5.41, 5.74) is 4.04. The largest absolute Gasteiger partial charge is 0.480 e. The average Bonchev–Trinajstić information content (AvgIpc) is 2.70. The highest BCUT2D eigenvalue weighted by Gasteiger charge is 2.19. The van der Waals surface area contributed by atoms with E-state index in [4.69, 9.17) is 0 Å². The molecule has 0 saturated heterocycles. The topological polar surface area (TPSA) is 108 Å². The number of hydrogen-bond acceptors (Lipinski definition) is 4. The lowest BCUT2D eigenvalue weighted by molar-refractivity contribution is -0.141. The maximum atomic E-state index is 11.9. The predicted octanol–water partition coefficient (Wildman–Crippen LogP) is 4.42. The molecule has 0 aromatic rings. The Kier molecular flexibility index (Phi) is 17.1. The van der Waals surface area contributed by atoms with E-state index in [1.807, 2.05) is 0 Å². The molecule has 0 aliphatic rings. The summed E-state index contributed by atoms with van der Waals surface area (Å²) in [6.07, 6.45) is 10.9. The van der Waals surface area contributed by atoms with E-state index in [1.165, 1.54) is 28.5 Å². The minimum Gasteiger partial charge on any atom is -0.480 e. The van der Waals surface area contributed by atoms with Crippen molar-refractivity contribution in [2.24, 2.45) is 0 Å². The van der Waals surface area contributed by atoms with E-state index in [1.54, 1.807) is 6.92 Å². The van der Waals surface area contributed by atoms with Gasteiger partial charge in [0.25, 0.3) is 0 Å². The maximum Gasteiger partial charge on any atom is 0.327 e. The molecular formula is C24H41N3O4S. The van der Waals surface area contributed by atoms with Gasteiger partial charge >= 0.3 is 12.0 Å². The van der Waals surface area contributed by atoms with Crippen molar-refractivity contribution >= 4 is 29.7 Å². The van der Waals surface area contributed by atoms with Crippen molar-refractivity contribution in [2.75, 3.05) is 24.6 Å². The van der Waals surface area contributed by atoms with Gasteiger partial charge in [-0.3, -0.25) is 4.79 Å². The van der Waals surface area contributed by atoms with Crippen molar-refractivity contribution in [1.29, 1.82) is 0 Å². The van der Waals surface area contributed by atoms with Crippen molar-refractivity contribution in [3.63, 3.8) is 0 Å². The Balaban J connectivity index is 4.20. The molecule has 1 atom stereocenters. The number of carboxylic acids is 1. The van der Waals surface area contributed by atoms with Gasteiger partial charge in [0.05, 0.1) is 0 Å². The fourth-order valence-corrected chi connectivity index (χ4v) is 3.68. The molecule has 0 aliphatic heterocycles. The third kappa shape index (κ3) is 17.5. The zero-order valence-electron chi connectivity index (χ0n) is 20.3. The number of carboxylic acid groups (broad SMARTS) is 1. The Morgan fingerprint density at radius 1 is 0.906 bits per heavy atom. The Hall–Kier alpha value is -2.22. The summed E-state index contributed by atoms with van der Waals surface area (Å²) in [6, 6.07) is -1.29. The second-order valence-electron chi connectivity index (χ2n) is 7.99. The highest BCUT2D eigenvalue weighted by atomic mass is 32.2. The second-order valence-corrected chi connectivity index (χ2v) is 9.07. The standard InChI is InChI=1S/C24H41N3O4S/c1-6-25-24(31)26-15-13-22(28)27-21(23(29)30)17-32-16-14-20(5)12-8-11-19(4)10-7-9-18(2)3/h9,11,14,21H,6-8,10,12-13,15-17H2,1-5H3,(H,27,28)(H,29,30)(H2,25,26,31)/b19-11+,20-14+/t21-/m0/s1. The first-order chi connectivity index (χ1) is 15.1. The maximum absolute atomic E-state index is 11.9. The van der Waals surface area contributed by atoms with Gasteiger partial charge in [0.15, 0.2) is 0 Å². The van der Waals surface area contributed by atoms with E-state index in [9.17, 15) is 19.5 Å². The molecule has 0 unspecified atom stereocenters. The SMILES string of the molecule is CCNC(=O)NCCC(=O)N[C@@H](CSC/C=C(\C)CC/C=C(\C)CCC=C(C)C)C(=O)O. The molecule has 0 rings (SSSR count). The van der Waals surface area contributed by atoms with Crippen LogP contribution in [0.4, 0.5) is 4.79 Å². The van der Waals surface area contributed by atoms with E-state index in [0.29, 0.717) is 12.3 Å². The highest BCUT2D eigenvalue weighted by Crippen LogP contribution is 2.13. The van der Waals surface area contributed by atoms with Crippen LogP contribution in [0.2, 0.25) is 0 Å². The Labute approximate surface area is 197 Å². The number of nitrogens with one attached hydrogen (secondary N) is 3. The first-order valence-corrected chi connectivity index (χ1v) is 12.4. The van der Waals surface area contributed by atoms with Crippen LogP contribution in [0, 0.1) is 0 Å². The molecule has 4 N–H and O–H groups in total. The number of carbonyl (C=O) groups is 3. The van der Waals surface area contributed by atoms with Crippen LogP contribution >= 0.6 is 11.8 Å². The lowest BCUT2D eigenvalue weighted by atomic mass is 10.1. The fourth-order valence-electron chi connectivity index (χ4n) is 2.68. The van der Waals surface area contributed by atoms with Crippen molar-refractivity contribution in [1.82, 2.24) is 16.0 Å². The first-order valence-electron chi connectivity index (χ1n) is 11.2. The molecule has 0 aliphatic carbocycles. The zero-order valence-corrected chi connectivity index (χ0v) is 21.1. The van der Waals surface area contributed by atoms with Gasteiger partial charge in [0, 0.05) is 31.0 Å². The van der Waals surface area contributed by atoms with Crippen molar-refractivity contribution in [3.05, 3.63) is 34.9 Å². The molecule has 32 heavy (non-hydrogen) atoms. The molecule has 0 aromatic heterocycles. The number of allylic oxidation sites excluding steroid dienone is 5. The highest BCUT2D eigenvalue weighted by molar-refractivity contribution is 7.99. The summed E-state index contributed by atoms with van der Waals surface area (Å²) in [4.78, 5) is 34.6. The van der Waals surface area contributed by atoms with Crippen LogP contribution in [0.15, 0.2) is 34.9 Å². The van der Waals surface area contributed by atoms with E-state index < -0.39 is 17.9 Å². The summed E-state index contributed by atoms with van der Waals surface area (Å²) >= 11 is 1.48. The number of carbonyl (C=O) groups excluding carboxylic acids is 2. The minimum atomic E-state index is -1.06. The second kappa shape index (κ2) is 18.4. The number of urea groups is 1. The van der Waals surface area contributed by atoms with E-state index in [-0.39, 0.29) is 24.7 Å². The van der Waals surface area contributed by atoms with Gasteiger partial charge < -0.3 is 21.1 Å². The van der Waals surface area contributed by atoms with Crippen LogP contribution in [-0.4, -0.2) is 53.7 Å². The number of thioether (sulfide) groups is 1. The average molecular weight is 468 g/mol.